The van der Waals surface area contributed by atoms with E-state index >= 15 is 0 Å². The van der Waals surface area contributed by atoms with E-state index in [1.165, 1.54) is 10.7 Å². The van der Waals surface area contributed by atoms with Crippen molar-refractivity contribution in [2.24, 2.45) is 0 Å². The lowest BCUT2D eigenvalue weighted by molar-refractivity contribution is -0.133. The van der Waals surface area contributed by atoms with Gasteiger partial charge >= 0.3 is 0 Å². The molecule has 23 heavy (non-hydrogen) atoms. The zero-order valence-corrected chi connectivity index (χ0v) is 13.5. The number of nitrogens with zero attached hydrogens (tertiary/aromatic N) is 3. The molecule has 1 aromatic rings. The first-order chi connectivity index (χ1) is 11.0. The largest absolute Gasteiger partial charge is 0.351 e. The SMILES string of the molecule is CCN1C(=O)c2cc(C=O)nn2CC1(C)C(=O)NC1CCCC1. The van der Waals surface area contributed by atoms with Gasteiger partial charge in [0.05, 0.1) is 6.54 Å². The van der Waals surface area contributed by atoms with Gasteiger partial charge in [-0.05, 0) is 32.8 Å². The van der Waals surface area contributed by atoms with Crippen LogP contribution in [-0.2, 0) is 11.3 Å². The van der Waals surface area contributed by atoms with Gasteiger partial charge in [-0.3, -0.25) is 19.1 Å². The first-order valence-electron chi connectivity index (χ1n) is 8.15. The van der Waals surface area contributed by atoms with Crippen molar-refractivity contribution >= 4 is 18.1 Å². The van der Waals surface area contributed by atoms with Crippen molar-refractivity contribution in [2.45, 2.75) is 57.7 Å². The third kappa shape index (κ3) is 2.54. The van der Waals surface area contributed by atoms with Gasteiger partial charge in [0.1, 0.15) is 16.9 Å². The Labute approximate surface area is 135 Å². The van der Waals surface area contributed by atoms with Gasteiger partial charge in [-0.1, -0.05) is 12.8 Å². The van der Waals surface area contributed by atoms with Crippen molar-refractivity contribution in [3.05, 3.63) is 17.5 Å². The lowest BCUT2D eigenvalue weighted by Crippen LogP contribution is -2.64. The van der Waals surface area contributed by atoms with Crippen molar-refractivity contribution in [1.29, 1.82) is 0 Å². The lowest BCUT2D eigenvalue weighted by atomic mass is 9.94. The van der Waals surface area contributed by atoms with Crippen LogP contribution in [0.3, 0.4) is 0 Å². The van der Waals surface area contributed by atoms with E-state index in [0.29, 0.717) is 18.5 Å². The Morgan fingerprint density at radius 2 is 2.17 bits per heavy atom. The van der Waals surface area contributed by atoms with E-state index in [1.807, 2.05) is 6.92 Å². The van der Waals surface area contributed by atoms with Crippen LogP contribution in [0.25, 0.3) is 0 Å². The van der Waals surface area contributed by atoms with Gasteiger partial charge in [-0.15, -0.1) is 0 Å². The van der Waals surface area contributed by atoms with Crippen LogP contribution >= 0.6 is 0 Å². The standard InChI is InChI=1S/C16H22N4O3/c1-3-19-14(22)13-8-12(9-21)18-20(13)10-16(19,2)15(23)17-11-6-4-5-7-11/h8-9,11H,3-7,10H2,1-2H3,(H,17,23). The molecule has 7 nitrogen and oxygen atoms in total. The highest BCUT2D eigenvalue weighted by atomic mass is 16.2. The van der Waals surface area contributed by atoms with Crippen molar-refractivity contribution in [3.8, 4) is 0 Å². The summed E-state index contributed by atoms with van der Waals surface area (Å²) in [4.78, 5) is 38.1. The minimum absolute atomic E-state index is 0.145. The Kier molecular flexibility index (Phi) is 3.95. The van der Waals surface area contributed by atoms with Crippen LogP contribution in [0.4, 0.5) is 0 Å². The second-order valence-electron chi connectivity index (χ2n) is 6.51. The predicted molar refractivity (Wildman–Crippen MR) is 83.1 cm³/mol. The van der Waals surface area contributed by atoms with Crippen LogP contribution < -0.4 is 5.32 Å². The molecule has 3 rings (SSSR count). The smallest absolute Gasteiger partial charge is 0.273 e. The van der Waals surface area contributed by atoms with Gasteiger partial charge in [0.25, 0.3) is 5.91 Å². The number of hydrogen-bond donors (Lipinski definition) is 1. The molecule has 2 amide bonds. The van der Waals surface area contributed by atoms with Crippen LogP contribution in [0.2, 0.25) is 0 Å². The molecule has 124 valence electrons. The summed E-state index contributed by atoms with van der Waals surface area (Å²) in [5.74, 6) is -0.406. The van der Waals surface area contributed by atoms with E-state index in [9.17, 15) is 14.4 Å². The monoisotopic (exact) mass is 318 g/mol. The summed E-state index contributed by atoms with van der Waals surface area (Å²) in [6.07, 6.45) is 4.85. The molecule has 1 atom stereocenters. The molecule has 1 aromatic heterocycles. The van der Waals surface area contributed by atoms with E-state index in [2.05, 4.69) is 10.4 Å². The van der Waals surface area contributed by atoms with Gasteiger partial charge in [0.15, 0.2) is 6.29 Å². The van der Waals surface area contributed by atoms with Crippen molar-refractivity contribution < 1.29 is 14.4 Å². The molecule has 2 aliphatic rings. The zero-order valence-electron chi connectivity index (χ0n) is 13.5. The molecule has 1 aliphatic carbocycles. The number of amides is 2. The highest BCUT2D eigenvalue weighted by molar-refractivity contribution is 6.00. The summed E-state index contributed by atoms with van der Waals surface area (Å²) in [5, 5.41) is 7.20. The summed E-state index contributed by atoms with van der Waals surface area (Å²) in [5.41, 5.74) is -0.418. The van der Waals surface area contributed by atoms with E-state index in [1.54, 1.807) is 11.8 Å². The quantitative estimate of drug-likeness (QED) is 0.839. The minimum Gasteiger partial charge on any atom is -0.351 e. The van der Waals surface area contributed by atoms with E-state index < -0.39 is 5.54 Å². The normalized spacial score (nSPS) is 24.6. The van der Waals surface area contributed by atoms with Crippen LogP contribution in [0.1, 0.15) is 60.5 Å². The molecular weight excluding hydrogens is 296 g/mol. The summed E-state index contributed by atoms with van der Waals surface area (Å²) in [6, 6.07) is 1.67. The minimum atomic E-state index is -0.992. The maximum Gasteiger partial charge on any atom is 0.273 e. The topological polar surface area (TPSA) is 84.3 Å². The summed E-state index contributed by atoms with van der Waals surface area (Å²) >= 11 is 0. The number of hydrogen-bond acceptors (Lipinski definition) is 4. The van der Waals surface area contributed by atoms with Crippen LogP contribution in [0.5, 0.6) is 0 Å². The molecule has 1 N–H and O–H groups in total. The molecule has 1 fully saturated rings. The summed E-state index contributed by atoms with van der Waals surface area (Å²) < 4.78 is 1.48. The number of carbonyl (C=O) groups is 3. The molecule has 0 saturated heterocycles. The van der Waals surface area contributed by atoms with E-state index in [-0.39, 0.29) is 30.1 Å². The number of rotatable bonds is 4. The zero-order chi connectivity index (χ0) is 16.6. The Bertz CT molecular complexity index is 648. The van der Waals surface area contributed by atoms with E-state index in [0.717, 1.165) is 25.7 Å². The van der Waals surface area contributed by atoms with Crippen LogP contribution in [0.15, 0.2) is 6.07 Å². The maximum absolute atomic E-state index is 12.9. The molecule has 0 spiro atoms. The molecule has 2 heterocycles. The molecule has 1 unspecified atom stereocenters. The summed E-state index contributed by atoms with van der Waals surface area (Å²) in [7, 11) is 0. The highest BCUT2D eigenvalue weighted by Crippen LogP contribution is 2.28. The molecule has 0 aromatic carbocycles. The molecule has 1 saturated carbocycles. The number of nitrogens with one attached hydrogen (secondary N) is 1. The molecule has 0 bridgehead atoms. The second kappa shape index (κ2) is 5.79. The third-order valence-corrected chi connectivity index (χ3v) is 4.93. The fraction of sp³-hybridized carbons (Fsp3) is 0.625. The Morgan fingerprint density at radius 1 is 1.48 bits per heavy atom. The molecule has 0 radical (unpaired) electrons. The van der Waals surface area contributed by atoms with Crippen molar-refractivity contribution in [3.63, 3.8) is 0 Å². The Hall–Kier alpha value is -2.18. The number of fused-ring (bicyclic) bond motifs is 1. The second-order valence-corrected chi connectivity index (χ2v) is 6.51. The number of carbonyl (C=O) groups excluding carboxylic acids is 3. The van der Waals surface area contributed by atoms with Gasteiger partial charge in [-0.2, -0.15) is 5.10 Å². The fourth-order valence-electron chi connectivity index (χ4n) is 3.62. The number of aldehydes is 1. The lowest BCUT2D eigenvalue weighted by Gasteiger charge is -2.43. The molecular formula is C16H22N4O3. The van der Waals surface area contributed by atoms with E-state index in [4.69, 9.17) is 0 Å². The van der Waals surface area contributed by atoms with Crippen LogP contribution in [-0.4, -0.2) is 50.9 Å². The molecule has 7 heteroatoms. The molecule has 1 aliphatic heterocycles. The summed E-state index contributed by atoms with van der Waals surface area (Å²) in [6.45, 7) is 4.30. The average Bonchev–Trinajstić information content (AvgIpc) is 3.16. The van der Waals surface area contributed by atoms with Crippen molar-refractivity contribution in [1.82, 2.24) is 20.0 Å². The van der Waals surface area contributed by atoms with Crippen LogP contribution in [0, 0.1) is 0 Å². The highest BCUT2D eigenvalue weighted by Gasteiger charge is 2.47. The van der Waals surface area contributed by atoms with Gasteiger partial charge in [0.2, 0.25) is 5.91 Å². The van der Waals surface area contributed by atoms with Gasteiger partial charge < -0.3 is 10.2 Å². The first-order valence-corrected chi connectivity index (χ1v) is 8.15. The third-order valence-electron chi connectivity index (χ3n) is 4.93. The number of aromatic nitrogens is 2. The van der Waals surface area contributed by atoms with Crippen molar-refractivity contribution in [2.75, 3.05) is 6.54 Å². The Balaban J connectivity index is 1.91. The average molecular weight is 318 g/mol. The Morgan fingerprint density at radius 3 is 2.78 bits per heavy atom. The van der Waals surface area contributed by atoms with Gasteiger partial charge in [-0.25, -0.2) is 0 Å². The number of likely N-dealkylation sites (N-methyl/N-ethyl adjacent to an activating group) is 1. The van der Waals surface area contributed by atoms with Gasteiger partial charge in [0, 0.05) is 12.6 Å². The first kappa shape index (κ1) is 15.7. The predicted octanol–water partition coefficient (Wildman–Crippen LogP) is 0.989. The maximum atomic E-state index is 12.9. The fourth-order valence-corrected chi connectivity index (χ4v) is 3.62.